The minimum Gasteiger partial charge on any atom is -0.430 e. The van der Waals surface area contributed by atoms with Crippen molar-refractivity contribution in [1.82, 2.24) is 9.97 Å². The molecule has 1 N–H and O–H groups in total. The van der Waals surface area contributed by atoms with Crippen molar-refractivity contribution in [3.8, 4) is 0 Å². The number of carbonyl (C=O) groups is 3. The van der Waals surface area contributed by atoms with Crippen LogP contribution in [-0.4, -0.2) is 34.3 Å². The van der Waals surface area contributed by atoms with Crippen LogP contribution in [0.25, 0.3) is 11.0 Å². The van der Waals surface area contributed by atoms with E-state index in [2.05, 4.69) is 9.97 Å². The average Bonchev–Trinajstić information content (AvgIpc) is 3.45. The third-order valence-corrected chi connectivity index (χ3v) is 5.45. The lowest BCUT2D eigenvalue weighted by Gasteiger charge is -2.14. The number of imidazole rings is 1. The smallest absolute Gasteiger partial charge is 0.430 e. The molecule has 1 saturated heterocycles. The summed E-state index contributed by atoms with van der Waals surface area (Å²) in [5, 5.41) is 0. The van der Waals surface area contributed by atoms with Gasteiger partial charge in [-0.3, -0.25) is 9.59 Å². The Labute approximate surface area is 187 Å². The molecule has 33 heavy (non-hydrogen) atoms. The van der Waals surface area contributed by atoms with Crippen molar-refractivity contribution < 1.29 is 28.2 Å². The zero-order valence-corrected chi connectivity index (χ0v) is 17.2. The van der Waals surface area contributed by atoms with Gasteiger partial charge in [0.15, 0.2) is 17.7 Å². The molecule has 1 aromatic heterocycles. The molecule has 5 rings (SSSR count). The molecule has 2 atom stereocenters. The number of rotatable bonds is 6. The highest BCUT2D eigenvalue weighted by Gasteiger charge is 2.34. The number of hydrogen-bond acceptors (Lipinski definition) is 6. The first-order chi connectivity index (χ1) is 16.0. The molecule has 1 aliphatic heterocycles. The Balaban J connectivity index is 1.57. The van der Waals surface area contributed by atoms with E-state index in [-0.39, 0.29) is 23.6 Å². The quantitative estimate of drug-likeness (QED) is 0.262. The highest BCUT2D eigenvalue weighted by molar-refractivity contribution is 6.19. The SMILES string of the molecule is O=C1OCC(c2cccc(C(=O)C(C(=O)c3cccc(F)c3)c3nc4ccccc4[nH]3)c2)O1. The molecule has 1 fully saturated rings. The van der Waals surface area contributed by atoms with Gasteiger partial charge in [-0.2, -0.15) is 0 Å². The molecule has 3 aromatic carbocycles. The average molecular weight is 444 g/mol. The number of cyclic esters (lactones) is 2. The Kier molecular flexibility index (Phi) is 5.18. The Morgan fingerprint density at radius 3 is 2.39 bits per heavy atom. The van der Waals surface area contributed by atoms with Crippen LogP contribution < -0.4 is 0 Å². The van der Waals surface area contributed by atoms with Gasteiger partial charge in [-0.15, -0.1) is 0 Å². The summed E-state index contributed by atoms with van der Waals surface area (Å²) in [6.45, 7) is 0.0334. The highest BCUT2D eigenvalue weighted by atomic mass is 19.1. The Bertz CT molecular complexity index is 1360. The topological polar surface area (TPSA) is 98.4 Å². The van der Waals surface area contributed by atoms with E-state index in [1.807, 2.05) is 6.07 Å². The van der Waals surface area contributed by atoms with E-state index in [1.54, 1.807) is 42.5 Å². The largest absolute Gasteiger partial charge is 0.509 e. The van der Waals surface area contributed by atoms with Crippen molar-refractivity contribution in [3.05, 3.63) is 101 Å². The van der Waals surface area contributed by atoms with E-state index in [9.17, 15) is 18.8 Å². The normalized spacial score (nSPS) is 16.3. The van der Waals surface area contributed by atoms with Crippen molar-refractivity contribution in [1.29, 1.82) is 0 Å². The summed E-state index contributed by atoms with van der Waals surface area (Å²) in [6, 6.07) is 18.8. The van der Waals surface area contributed by atoms with Gasteiger partial charge in [0.05, 0.1) is 11.0 Å². The molecule has 1 aliphatic rings. The molecule has 0 spiro atoms. The number of halogens is 1. The maximum Gasteiger partial charge on any atom is 0.509 e. The maximum atomic E-state index is 13.8. The fourth-order valence-corrected chi connectivity index (χ4v) is 3.84. The second-order valence-corrected chi connectivity index (χ2v) is 7.60. The molecule has 0 saturated carbocycles. The van der Waals surface area contributed by atoms with Gasteiger partial charge in [0.1, 0.15) is 24.2 Å². The van der Waals surface area contributed by atoms with Crippen LogP contribution in [0.2, 0.25) is 0 Å². The van der Waals surface area contributed by atoms with Crippen LogP contribution in [0.15, 0.2) is 72.8 Å². The predicted molar refractivity (Wildman–Crippen MR) is 116 cm³/mol. The lowest BCUT2D eigenvalue weighted by Crippen LogP contribution is -2.24. The van der Waals surface area contributed by atoms with Crippen molar-refractivity contribution in [3.63, 3.8) is 0 Å². The zero-order chi connectivity index (χ0) is 22.9. The van der Waals surface area contributed by atoms with E-state index in [4.69, 9.17) is 9.47 Å². The second kappa shape index (κ2) is 8.31. The third kappa shape index (κ3) is 3.98. The second-order valence-electron chi connectivity index (χ2n) is 7.60. The number of H-pyrrole nitrogens is 1. The van der Waals surface area contributed by atoms with Gasteiger partial charge >= 0.3 is 6.16 Å². The number of fused-ring (bicyclic) bond motifs is 1. The van der Waals surface area contributed by atoms with Crippen LogP contribution in [0.3, 0.4) is 0 Å². The summed E-state index contributed by atoms with van der Waals surface area (Å²) in [5.74, 6) is -2.84. The van der Waals surface area contributed by atoms with Crippen molar-refractivity contribution in [2.24, 2.45) is 0 Å². The van der Waals surface area contributed by atoms with E-state index in [0.717, 1.165) is 6.07 Å². The van der Waals surface area contributed by atoms with Gasteiger partial charge in [0.25, 0.3) is 0 Å². The number of hydrogen-bond donors (Lipinski definition) is 1. The fraction of sp³-hybridized carbons (Fsp3) is 0.120. The number of Topliss-reactive ketones (excluding diaryl/α,β-unsaturated/α-hetero) is 2. The molecular formula is C25H17FN2O5. The van der Waals surface area contributed by atoms with E-state index >= 15 is 0 Å². The molecule has 8 heteroatoms. The highest BCUT2D eigenvalue weighted by Crippen LogP contribution is 2.29. The van der Waals surface area contributed by atoms with Gasteiger partial charge in [-0.05, 0) is 35.9 Å². The molecule has 0 aliphatic carbocycles. The first kappa shape index (κ1) is 20.6. The molecule has 2 heterocycles. The summed E-state index contributed by atoms with van der Waals surface area (Å²) in [5.41, 5.74) is 2.12. The van der Waals surface area contributed by atoms with Crippen LogP contribution >= 0.6 is 0 Å². The summed E-state index contributed by atoms with van der Waals surface area (Å²) >= 11 is 0. The number of nitrogens with one attached hydrogen (secondary N) is 1. The molecule has 0 radical (unpaired) electrons. The van der Waals surface area contributed by atoms with E-state index in [1.165, 1.54) is 18.2 Å². The standard InChI is InChI=1S/C25H17FN2O5/c26-17-8-4-7-16(12-17)23(30)21(24-27-18-9-1-2-10-19(18)28-24)22(29)15-6-3-5-14(11-15)20-13-32-25(31)33-20/h1-12,20-21H,13H2,(H,27,28). The molecule has 7 nitrogen and oxygen atoms in total. The summed E-state index contributed by atoms with van der Waals surface area (Å²) in [4.78, 5) is 45.9. The number of benzene rings is 3. The minimum atomic E-state index is -1.32. The minimum absolute atomic E-state index is 0.0334. The van der Waals surface area contributed by atoms with E-state index in [0.29, 0.717) is 16.6 Å². The molecule has 2 unspecified atom stereocenters. The number of para-hydroxylation sites is 2. The molecule has 4 aromatic rings. The number of ketones is 2. The zero-order valence-electron chi connectivity index (χ0n) is 17.2. The molecule has 0 amide bonds. The fourth-order valence-electron chi connectivity index (χ4n) is 3.84. The van der Waals surface area contributed by atoms with Gasteiger partial charge in [0, 0.05) is 11.1 Å². The van der Waals surface area contributed by atoms with Crippen LogP contribution in [0, 0.1) is 5.82 Å². The van der Waals surface area contributed by atoms with E-state index < -0.39 is 35.6 Å². The third-order valence-electron chi connectivity index (χ3n) is 5.45. The number of carbonyl (C=O) groups excluding carboxylic acids is 3. The summed E-state index contributed by atoms with van der Waals surface area (Å²) in [6.07, 6.45) is -1.42. The number of aromatic nitrogens is 2. The van der Waals surface area contributed by atoms with Crippen LogP contribution in [0.5, 0.6) is 0 Å². The Morgan fingerprint density at radius 2 is 1.70 bits per heavy atom. The van der Waals surface area contributed by atoms with Crippen LogP contribution in [-0.2, 0) is 9.47 Å². The van der Waals surface area contributed by atoms with Crippen molar-refractivity contribution in [2.45, 2.75) is 12.0 Å². The number of aromatic amines is 1. The lowest BCUT2D eigenvalue weighted by atomic mass is 9.88. The predicted octanol–water partition coefficient (Wildman–Crippen LogP) is 4.76. The van der Waals surface area contributed by atoms with Gasteiger partial charge in [0.2, 0.25) is 0 Å². The summed E-state index contributed by atoms with van der Waals surface area (Å²) < 4.78 is 23.8. The van der Waals surface area contributed by atoms with Gasteiger partial charge in [-0.1, -0.05) is 42.5 Å². The van der Waals surface area contributed by atoms with Crippen LogP contribution in [0.4, 0.5) is 9.18 Å². The van der Waals surface area contributed by atoms with Gasteiger partial charge in [-0.25, -0.2) is 14.2 Å². The Morgan fingerprint density at radius 1 is 0.970 bits per heavy atom. The monoisotopic (exact) mass is 444 g/mol. The first-order valence-corrected chi connectivity index (χ1v) is 10.2. The van der Waals surface area contributed by atoms with Crippen LogP contribution in [0.1, 0.15) is 44.1 Å². The molecule has 164 valence electrons. The number of ether oxygens (including phenoxy) is 2. The lowest BCUT2D eigenvalue weighted by molar-refractivity contribution is 0.0855. The van der Waals surface area contributed by atoms with Gasteiger partial charge < -0.3 is 14.5 Å². The van der Waals surface area contributed by atoms with Crippen molar-refractivity contribution in [2.75, 3.05) is 6.61 Å². The maximum absolute atomic E-state index is 13.8. The van der Waals surface area contributed by atoms with Crippen molar-refractivity contribution >= 4 is 28.8 Å². The number of nitrogens with zero attached hydrogens (tertiary/aromatic N) is 1. The molecule has 0 bridgehead atoms. The first-order valence-electron chi connectivity index (χ1n) is 10.2. The summed E-state index contributed by atoms with van der Waals surface area (Å²) in [7, 11) is 0. The Hall–Kier alpha value is -4.33. The molecular weight excluding hydrogens is 427 g/mol.